The minimum atomic E-state index is -1.05. The van der Waals surface area contributed by atoms with Gasteiger partial charge in [-0.3, -0.25) is 14.9 Å². The highest BCUT2D eigenvalue weighted by molar-refractivity contribution is 6.31. The Morgan fingerprint density at radius 1 is 1.18 bits per heavy atom. The monoisotopic (exact) mass is 408 g/mol. The number of nitro benzene ring substituents is 1. The maximum Gasteiger partial charge on any atom is 0.345 e. The number of ether oxygens (including phenoxy) is 3. The largest absolute Gasteiger partial charge is 0.493 e. The van der Waals surface area contributed by atoms with Gasteiger partial charge in [0.1, 0.15) is 5.56 Å². The Kier molecular flexibility index (Phi) is 6.78. The number of nitrogens with zero attached hydrogens (tertiary/aromatic N) is 1. The van der Waals surface area contributed by atoms with Gasteiger partial charge in [-0.15, -0.1) is 0 Å². The van der Waals surface area contributed by atoms with Crippen LogP contribution in [-0.2, 0) is 9.53 Å². The van der Waals surface area contributed by atoms with Crippen LogP contribution in [0.4, 0.5) is 11.4 Å². The second kappa shape index (κ2) is 9.05. The Hall–Kier alpha value is -3.33. The molecule has 0 fully saturated rings. The van der Waals surface area contributed by atoms with Crippen molar-refractivity contribution in [2.45, 2.75) is 6.92 Å². The van der Waals surface area contributed by atoms with Gasteiger partial charge in [0.15, 0.2) is 18.1 Å². The fraction of sp³-hybridized carbons (Fsp3) is 0.222. The summed E-state index contributed by atoms with van der Waals surface area (Å²) in [5, 5.41) is 14.3. The molecule has 28 heavy (non-hydrogen) atoms. The second-order valence-electron chi connectivity index (χ2n) is 5.52. The summed E-state index contributed by atoms with van der Waals surface area (Å²) in [6.07, 6.45) is 0. The van der Waals surface area contributed by atoms with Crippen molar-refractivity contribution < 1.29 is 28.7 Å². The standard InChI is InChI=1S/C18H17ClN2O7/c1-10-12(19)5-4-6-13(10)20-17(22)9-28-18(23)11-7-15(26-2)16(27-3)8-14(11)21(24)25/h4-8H,9H2,1-3H3,(H,20,22). The van der Waals surface area contributed by atoms with Crippen LogP contribution >= 0.6 is 11.6 Å². The van der Waals surface area contributed by atoms with Gasteiger partial charge in [0.25, 0.3) is 11.6 Å². The van der Waals surface area contributed by atoms with Crippen LogP contribution in [0.25, 0.3) is 0 Å². The molecule has 0 aliphatic carbocycles. The van der Waals surface area contributed by atoms with Gasteiger partial charge in [0.05, 0.1) is 25.2 Å². The predicted molar refractivity (Wildman–Crippen MR) is 101 cm³/mol. The predicted octanol–water partition coefficient (Wildman–Crippen LogP) is 3.37. The van der Waals surface area contributed by atoms with E-state index in [0.29, 0.717) is 16.3 Å². The Morgan fingerprint density at radius 2 is 1.82 bits per heavy atom. The summed E-state index contributed by atoms with van der Waals surface area (Å²) in [5.74, 6) is -1.48. The molecule has 1 N–H and O–H groups in total. The number of rotatable bonds is 7. The van der Waals surface area contributed by atoms with Crippen LogP contribution < -0.4 is 14.8 Å². The van der Waals surface area contributed by atoms with Crippen LogP contribution in [0.2, 0.25) is 5.02 Å². The molecule has 9 nitrogen and oxygen atoms in total. The second-order valence-corrected chi connectivity index (χ2v) is 5.93. The van der Waals surface area contributed by atoms with Crippen molar-refractivity contribution in [2.75, 3.05) is 26.1 Å². The van der Waals surface area contributed by atoms with E-state index in [1.54, 1.807) is 25.1 Å². The molecule has 0 aliphatic heterocycles. The lowest BCUT2D eigenvalue weighted by atomic mass is 10.1. The Balaban J connectivity index is 2.15. The van der Waals surface area contributed by atoms with E-state index in [0.717, 1.165) is 12.1 Å². The fourth-order valence-electron chi connectivity index (χ4n) is 2.32. The number of nitrogens with one attached hydrogen (secondary N) is 1. The average molecular weight is 409 g/mol. The summed E-state index contributed by atoms with van der Waals surface area (Å²) in [4.78, 5) is 34.8. The lowest BCUT2D eigenvalue weighted by Crippen LogP contribution is -2.21. The van der Waals surface area contributed by atoms with E-state index in [1.165, 1.54) is 14.2 Å². The average Bonchev–Trinajstić information content (AvgIpc) is 2.68. The molecule has 2 aromatic carbocycles. The molecule has 0 aliphatic rings. The summed E-state index contributed by atoms with van der Waals surface area (Å²) in [5.41, 5.74) is 0.216. The van der Waals surface area contributed by atoms with Crippen molar-refractivity contribution >= 4 is 34.9 Å². The van der Waals surface area contributed by atoms with Crippen LogP contribution in [0.15, 0.2) is 30.3 Å². The number of halogens is 1. The van der Waals surface area contributed by atoms with Gasteiger partial charge < -0.3 is 19.5 Å². The molecular weight excluding hydrogens is 392 g/mol. The van der Waals surface area contributed by atoms with E-state index in [1.807, 2.05) is 0 Å². The van der Waals surface area contributed by atoms with Crippen molar-refractivity contribution in [3.8, 4) is 11.5 Å². The van der Waals surface area contributed by atoms with Gasteiger partial charge in [0, 0.05) is 16.8 Å². The lowest BCUT2D eigenvalue weighted by Gasteiger charge is -2.11. The quantitative estimate of drug-likeness (QED) is 0.424. The van der Waals surface area contributed by atoms with Gasteiger partial charge in [-0.25, -0.2) is 4.79 Å². The topological polar surface area (TPSA) is 117 Å². The number of methoxy groups -OCH3 is 2. The van der Waals surface area contributed by atoms with Crippen molar-refractivity contribution in [1.29, 1.82) is 0 Å². The SMILES string of the molecule is COc1cc(C(=O)OCC(=O)Nc2cccc(Cl)c2C)c([N+](=O)[O-])cc1OC. The number of amides is 1. The maximum absolute atomic E-state index is 12.3. The molecule has 10 heteroatoms. The number of anilines is 1. The number of hydrogen-bond acceptors (Lipinski definition) is 7. The van der Waals surface area contributed by atoms with Crippen molar-refractivity contribution in [2.24, 2.45) is 0 Å². The molecule has 0 aromatic heterocycles. The molecule has 0 heterocycles. The molecule has 0 saturated heterocycles. The maximum atomic E-state index is 12.3. The third kappa shape index (κ3) is 4.68. The number of carbonyl (C=O) groups is 2. The van der Waals surface area contributed by atoms with Crippen LogP contribution in [0.3, 0.4) is 0 Å². The van der Waals surface area contributed by atoms with E-state index >= 15 is 0 Å². The minimum absolute atomic E-state index is 0.0833. The van der Waals surface area contributed by atoms with Gasteiger partial charge >= 0.3 is 5.97 Å². The number of esters is 1. The zero-order valence-corrected chi connectivity index (χ0v) is 16.0. The fourth-order valence-corrected chi connectivity index (χ4v) is 2.50. The Bertz CT molecular complexity index is 930. The smallest absolute Gasteiger partial charge is 0.345 e. The molecular formula is C18H17ClN2O7. The van der Waals surface area contributed by atoms with Gasteiger partial charge in [-0.1, -0.05) is 17.7 Å². The number of hydrogen-bond donors (Lipinski definition) is 1. The van der Waals surface area contributed by atoms with E-state index in [-0.39, 0.29) is 17.1 Å². The molecule has 0 spiro atoms. The number of carbonyl (C=O) groups excluding carboxylic acids is 2. The summed E-state index contributed by atoms with van der Waals surface area (Å²) in [7, 11) is 2.63. The highest BCUT2D eigenvalue weighted by Crippen LogP contribution is 2.34. The number of nitro groups is 1. The normalized spacial score (nSPS) is 10.1. The van der Waals surface area contributed by atoms with Crippen LogP contribution in [0, 0.1) is 17.0 Å². The van der Waals surface area contributed by atoms with Crippen LogP contribution in [0.1, 0.15) is 15.9 Å². The first kappa shape index (κ1) is 21.0. The zero-order valence-electron chi connectivity index (χ0n) is 15.3. The molecule has 148 valence electrons. The van der Waals surface area contributed by atoms with E-state index < -0.39 is 29.1 Å². The third-order valence-corrected chi connectivity index (χ3v) is 4.20. The van der Waals surface area contributed by atoms with Gasteiger partial charge in [0.2, 0.25) is 0 Å². The lowest BCUT2D eigenvalue weighted by molar-refractivity contribution is -0.385. The van der Waals surface area contributed by atoms with Crippen molar-refractivity contribution in [3.63, 3.8) is 0 Å². The minimum Gasteiger partial charge on any atom is -0.493 e. The summed E-state index contributed by atoms with van der Waals surface area (Å²) in [6, 6.07) is 7.13. The molecule has 0 saturated carbocycles. The summed E-state index contributed by atoms with van der Waals surface area (Å²) >= 11 is 5.98. The molecule has 0 atom stereocenters. The van der Waals surface area contributed by atoms with Gasteiger partial charge in [-0.2, -0.15) is 0 Å². The van der Waals surface area contributed by atoms with Gasteiger partial charge in [-0.05, 0) is 24.6 Å². The first-order chi connectivity index (χ1) is 13.3. The third-order valence-electron chi connectivity index (χ3n) is 3.79. The van der Waals surface area contributed by atoms with Crippen molar-refractivity contribution in [3.05, 3.63) is 56.6 Å². The molecule has 1 amide bonds. The highest BCUT2D eigenvalue weighted by Gasteiger charge is 2.26. The van der Waals surface area contributed by atoms with Crippen LogP contribution in [-0.4, -0.2) is 37.6 Å². The Labute approximate surface area is 165 Å². The molecule has 0 radical (unpaired) electrons. The van der Waals surface area contributed by atoms with Crippen LogP contribution in [0.5, 0.6) is 11.5 Å². The molecule has 0 bridgehead atoms. The first-order valence-electron chi connectivity index (χ1n) is 7.91. The summed E-state index contributed by atoms with van der Waals surface area (Å²) < 4.78 is 14.9. The van der Waals surface area contributed by atoms with E-state index in [4.69, 9.17) is 25.8 Å². The van der Waals surface area contributed by atoms with E-state index in [2.05, 4.69) is 5.32 Å². The number of benzene rings is 2. The Morgan fingerprint density at radius 3 is 2.43 bits per heavy atom. The van der Waals surface area contributed by atoms with Crippen molar-refractivity contribution in [1.82, 2.24) is 0 Å². The first-order valence-corrected chi connectivity index (χ1v) is 8.28. The molecule has 0 unspecified atom stereocenters. The zero-order chi connectivity index (χ0) is 20.8. The molecule has 2 rings (SSSR count). The summed E-state index contributed by atoms with van der Waals surface area (Å²) in [6.45, 7) is 1.08. The van der Waals surface area contributed by atoms with E-state index in [9.17, 15) is 19.7 Å². The highest BCUT2D eigenvalue weighted by atomic mass is 35.5. The molecule has 2 aromatic rings.